The summed E-state index contributed by atoms with van der Waals surface area (Å²) >= 11 is 1.00. The first-order valence-electron chi connectivity index (χ1n) is 10.1. The Bertz CT molecular complexity index is 1190. The van der Waals surface area contributed by atoms with E-state index in [-0.39, 0.29) is 22.0 Å². The van der Waals surface area contributed by atoms with Gasteiger partial charge in [0, 0.05) is 17.3 Å². The van der Waals surface area contributed by atoms with E-state index in [1.54, 1.807) is 62.4 Å². The molecule has 0 bridgehead atoms. The minimum Gasteiger partial charge on any atom is -0.497 e. The maximum atomic E-state index is 13.0. The predicted molar refractivity (Wildman–Crippen MR) is 127 cm³/mol. The molecule has 0 aliphatic heterocycles. The number of nitrogens with one attached hydrogen (secondary N) is 2. The summed E-state index contributed by atoms with van der Waals surface area (Å²) in [7, 11) is 3.04. The first kappa shape index (κ1) is 23.8. The number of ether oxygens (including phenoxy) is 3. The largest absolute Gasteiger partial charge is 0.497 e. The van der Waals surface area contributed by atoms with Gasteiger partial charge in [-0.15, -0.1) is 11.3 Å². The molecule has 0 spiro atoms. The Morgan fingerprint density at radius 3 is 2.24 bits per heavy atom. The van der Waals surface area contributed by atoms with Crippen molar-refractivity contribution in [3.63, 3.8) is 0 Å². The van der Waals surface area contributed by atoms with Crippen molar-refractivity contribution in [2.45, 2.75) is 13.8 Å². The number of thiophene rings is 1. The lowest BCUT2D eigenvalue weighted by Gasteiger charge is -2.08. The molecule has 0 unspecified atom stereocenters. The van der Waals surface area contributed by atoms with Gasteiger partial charge in [0.1, 0.15) is 16.5 Å². The highest BCUT2D eigenvalue weighted by atomic mass is 32.1. The average Bonchev–Trinajstić information content (AvgIpc) is 3.15. The van der Waals surface area contributed by atoms with Crippen LogP contribution in [0.2, 0.25) is 0 Å². The van der Waals surface area contributed by atoms with Crippen LogP contribution in [0.25, 0.3) is 0 Å². The van der Waals surface area contributed by atoms with E-state index in [0.717, 1.165) is 11.3 Å². The minimum absolute atomic E-state index is 0.147. The summed E-state index contributed by atoms with van der Waals surface area (Å²) in [5.41, 5.74) is 1.44. The average molecular weight is 469 g/mol. The lowest BCUT2D eigenvalue weighted by molar-refractivity contribution is 0.0527. The standard InChI is InChI=1S/C24H24N2O6S/c1-5-32-24(29)19-14(2)20(22(28)25-16-9-7-11-18(13-16)31-4)33-23(19)26-21(27)15-8-6-10-17(12-15)30-3/h6-13H,5H2,1-4H3,(H,25,28)(H,26,27). The summed E-state index contributed by atoms with van der Waals surface area (Å²) < 4.78 is 15.5. The third kappa shape index (κ3) is 5.50. The molecule has 3 aromatic rings. The third-order valence-corrected chi connectivity index (χ3v) is 5.93. The molecule has 2 N–H and O–H groups in total. The number of hydrogen-bond acceptors (Lipinski definition) is 7. The highest BCUT2D eigenvalue weighted by molar-refractivity contribution is 7.19. The number of rotatable bonds is 8. The van der Waals surface area contributed by atoms with Crippen LogP contribution in [0.4, 0.5) is 10.7 Å². The smallest absolute Gasteiger partial charge is 0.341 e. The highest BCUT2D eigenvalue weighted by Crippen LogP contribution is 2.35. The van der Waals surface area contributed by atoms with Crippen molar-refractivity contribution in [3.05, 3.63) is 70.1 Å². The number of carbonyl (C=O) groups excluding carboxylic acids is 3. The van der Waals surface area contributed by atoms with Gasteiger partial charge in [-0.2, -0.15) is 0 Å². The molecule has 172 valence electrons. The maximum Gasteiger partial charge on any atom is 0.341 e. The van der Waals surface area contributed by atoms with Gasteiger partial charge in [-0.1, -0.05) is 12.1 Å². The zero-order valence-corrected chi connectivity index (χ0v) is 19.5. The molecule has 0 saturated carbocycles. The SMILES string of the molecule is CCOC(=O)c1c(NC(=O)c2cccc(OC)c2)sc(C(=O)Nc2cccc(OC)c2)c1C. The van der Waals surface area contributed by atoms with Crippen molar-refractivity contribution in [1.29, 1.82) is 0 Å². The van der Waals surface area contributed by atoms with E-state index in [4.69, 9.17) is 14.2 Å². The second-order valence-corrected chi connectivity index (χ2v) is 7.87. The van der Waals surface area contributed by atoms with Crippen LogP contribution in [-0.2, 0) is 4.74 Å². The molecule has 2 aromatic carbocycles. The number of carbonyl (C=O) groups is 3. The second kappa shape index (κ2) is 10.6. The molecule has 3 rings (SSSR count). The van der Waals surface area contributed by atoms with Crippen LogP contribution in [0.15, 0.2) is 48.5 Å². The predicted octanol–water partition coefficient (Wildman–Crippen LogP) is 4.76. The molecular formula is C24H24N2O6S. The fraction of sp³-hybridized carbons (Fsp3) is 0.208. The third-order valence-electron chi connectivity index (χ3n) is 4.72. The van der Waals surface area contributed by atoms with Gasteiger partial charge in [-0.25, -0.2) is 4.79 Å². The van der Waals surface area contributed by atoms with Crippen LogP contribution in [0.1, 0.15) is 42.9 Å². The fourth-order valence-corrected chi connectivity index (χ4v) is 4.18. The summed E-state index contributed by atoms with van der Waals surface area (Å²) in [6.45, 7) is 3.48. The molecule has 0 saturated heterocycles. The molecule has 0 atom stereocenters. The Balaban J connectivity index is 1.93. The van der Waals surface area contributed by atoms with Crippen molar-refractivity contribution in [1.82, 2.24) is 0 Å². The first-order valence-corrected chi connectivity index (χ1v) is 10.9. The molecule has 33 heavy (non-hydrogen) atoms. The number of hydrogen-bond donors (Lipinski definition) is 2. The Labute approximate surface area is 195 Å². The van der Waals surface area contributed by atoms with E-state index in [1.165, 1.54) is 14.2 Å². The molecule has 8 nitrogen and oxygen atoms in total. The van der Waals surface area contributed by atoms with Crippen LogP contribution in [0, 0.1) is 6.92 Å². The van der Waals surface area contributed by atoms with Gasteiger partial charge in [-0.05, 0) is 49.7 Å². The van der Waals surface area contributed by atoms with Crippen LogP contribution < -0.4 is 20.1 Å². The van der Waals surface area contributed by atoms with E-state index in [9.17, 15) is 14.4 Å². The van der Waals surface area contributed by atoms with Crippen LogP contribution in [0.5, 0.6) is 11.5 Å². The van der Waals surface area contributed by atoms with Crippen molar-refractivity contribution in [2.24, 2.45) is 0 Å². The topological polar surface area (TPSA) is 103 Å². The number of methoxy groups -OCH3 is 2. The Kier molecular flexibility index (Phi) is 7.68. The fourth-order valence-electron chi connectivity index (χ4n) is 3.10. The Morgan fingerprint density at radius 1 is 0.909 bits per heavy atom. The molecule has 0 radical (unpaired) electrons. The van der Waals surface area contributed by atoms with E-state index in [2.05, 4.69) is 10.6 Å². The Morgan fingerprint density at radius 2 is 1.58 bits per heavy atom. The summed E-state index contributed by atoms with van der Waals surface area (Å²) in [6, 6.07) is 13.5. The van der Waals surface area contributed by atoms with Crippen molar-refractivity contribution in [2.75, 3.05) is 31.5 Å². The monoisotopic (exact) mass is 468 g/mol. The quantitative estimate of drug-likeness (QED) is 0.462. The normalized spacial score (nSPS) is 10.3. The van der Waals surface area contributed by atoms with E-state index < -0.39 is 17.8 Å². The van der Waals surface area contributed by atoms with Gasteiger partial charge in [-0.3, -0.25) is 9.59 Å². The molecule has 2 amide bonds. The highest BCUT2D eigenvalue weighted by Gasteiger charge is 2.27. The first-order chi connectivity index (χ1) is 15.9. The maximum absolute atomic E-state index is 13.0. The van der Waals surface area contributed by atoms with E-state index >= 15 is 0 Å². The molecule has 1 heterocycles. The molecular weight excluding hydrogens is 444 g/mol. The summed E-state index contributed by atoms with van der Waals surface area (Å²) in [5, 5.41) is 5.77. The van der Waals surface area contributed by atoms with E-state index in [1.807, 2.05) is 0 Å². The Hall–Kier alpha value is -3.85. The van der Waals surface area contributed by atoms with Gasteiger partial charge < -0.3 is 24.8 Å². The number of amides is 2. The van der Waals surface area contributed by atoms with E-state index in [0.29, 0.717) is 28.3 Å². The van der Waals surface area contributed by atoms with Crippen LogP contribution >= 0.6 is 11.3 Å². The molecule has 0 aliphatic rings. The van der Waals surface area contributed by atoms with Gasteiger partial charge in [0.25, 0.3) is 11.8 Å². The molecule has 1 aromatic heterocycles. The molecule has 0 aliphatic carbocycles. The summed E-state index contributed by atoms with van der Waals surface area (Å²) in [4.78, 5) is 38.8. The van der Waals surface area contributed by atoms with Gasteiger partial charge in [0.15, 0.2) is 0 Å². The summed E-state index contributed by atoms with van der Waals surface area (Å²) in [6.07, 6.45) is 0. The lowest BCUT2D eigenvalue weighted by atomic mass is 10.1. The molecule has 0 fully saturated rings. The van der Waals surface area contributed by atoms with Crippen molar-refractivity contribution >= 4 is 39.8 Å². The second-order valence-electron chi connectivity index (χ2n) is 6.85. The van der Waals surface area contributed by atoms with Crippen molar-refractivity contribution < 1.29 is 28.6 Å². The number of esters is 1. The number of benzene rings is 2. The van der Waals surface area contributed by atoms with Gasteiger partial charge >= 0.3 is 5.97 Å². The molecule has 9 heteroatoms. The summed E-state index contributed by atoms with van der Waals surface area (Å²) in [5.74, 6) is -0.366. The number of anilines is 2. The van der Waals surface area contributed by atoms with Gasteiger partial charge in [0.2, 0.25) is 0 Å². The van der Waals surface area contributed by atoms with Crippen LogP contribution in [-0.4, -0.2) is 38.6 Å². The zero-order chi connectivity index (χ0) is 24.0. The lowest BCUT2D eigenvalue weighted by Crippen LogP contribution is -2.15. The van der Waals surface area contributed by atoms with Crippen molar-refractivity contribution in [3.8, 4) is 11.5 Å². The van der Waals surface area contributed by atoms with Gasteiger partial charge in [0.05, 0.1) is 31.3 Å². The van der Waals surface area contributed by atoms with Crippen LogP contribution in [0.3, 0.4) is 0 Å². The zero-order valence-electron chi connectivity index (χ0n) is 18.7. The minimum atomic E-state index is -0.618.